The normalized spacial score (nSPS) is 10.8. The molecule has 6 heteroatoms. The third kappa shape index (κ3) is 1.65. The van der Waals surface area contributed by atoms with Gasteiger partial charge in [0, 0.05) is 0 Å². The van der Waals surface area contributed by atoms with Crippen LogP contribution >= 0.6 is 34.5 Å². The molecule has 0 aliphatic carbocycles. The molecule has 0 saturated heterocycles. The van der Waals surface area contributed by atoms with Crippen LogP contribution in [0.5, 0.6) is 0 Å². The van der Waals surface area contributed by atoms with Crippen LogP contribution < -0.4 is 0 Å². The molecule has 14 heavy (non-hydrogen) atoms. The Labute approximate surface area is 94.7 Å². The zero-order chi connectivity index (χ0) is 10.1. The lowest BCUT2D eigenvalue weighted by atomic mass is 10.3. The number of nitrogens with zero attached hydrogens (tertiary/aromatic N) is 2. The topological polar surface area (TPSA) is 38.9 Å². The summed E-state index contributed by atoms with van der Waals surface area (Å²) < 4.78 is 5.02. The fourth-order valence-corrected chi connectivity index (χ4v) is 2.28. The highest BCUT2D eigenvalue weighted by Crippen LogP contribution is 2.35. The van der Waals surface area contributed by atoms with E-state index in [-0.39, 0.29) is 5.88 Å². The van der Waals surface area contributed by atoms with E-state index in [1.807, 2.05) is 12.3 Å². The Bertz CT molecular complexity index is 452. The van der Waals surface area contributed by atoms with Gasteiger partial charge < -0.3 is 4.52 Å². The SMILES string of the molecule is Cc1csc(-c2nc(CCl)no2)c1Cl. The van der Waals surface area contributed by atoms with Crippen LogP contribution in [0.3, 0.4) is 0 Å². The molecule has 2 heterocycles. The van der Waals surface area contributed by atoms with Crippen molar-refractivity contribution < 1.29 is 4.52 Å². The quantitative estimate of drug-likeness (QED) is 0.764. The molecule has 0 N–H and O–H groups in total. The van der Waals surface area contributed by atoms with E-state index in [9.17, 15) is 0 Å². The molecule has 0 radical (unpaired) electrons. The number of thiophene rings is 1. The van der Waals surface area contributed by atoms with Gasteiger partial charge >= 0.3 is 0 Å². The lowest BCUT2D eigenvalue weighted by Gasteiger charge is -1.88. The zero-order valence-electron chi connectivity index (χ0n) is 7.25. The van der Waals surface area contributed by atoms with E-state index < -0.39 is 0 Å². The Morgan fingerprint density at radius 2 is 2.36 bits per heavy atom. The Kier molecular flexibility index (Phi) is 2.76. The minimum Gasteiger partial charge on any atom is -0.333 e. The first-order chi connectivity index (χ1) is 6.72. The number of aromatic nitrogens is 2. The van der Waals surface area contributed by atoms with Gasteiger partial charge in [0.05, 0.1) is 10.9 Å². The molecule has 0 unspecified atom stereocenters. The molecule has 2 aromatic rings. The van der Waals surface area contributed by atoms with Crippen LogP contribution in [0, 0.1) is 6.92 Å². The zero-order valence-corrected chi connectivity index (χ0v) is 9.58. The minimum absolute atomic E-state index is 0.242. The van der Waals surface area contributed by atoms with Crippen LogP contribution in [0.1, 0.15) is 11.4 Å². The van der Waals surface area contributed by atoms with Gasteiger partial charge in [-0.25, -0.2) is 0 Å². The van der Waals surface area contributed by atoms with Crippen molar-refractivity contribution in [1.82, 2.24) is 10.1 Å². The van der Waals surface area contributed by atoms with Crippen molar-refractivity contribution in [2.75, 3.05) is 0 Å². The molecule has 0 aromatic carbocycles. The number of hydrogen-bond donors (Lipinski definition) is 0. The van der Waals surface area contributed by atoms with Crippen molar-refractivity contribution in [3.8, 4) is 10.8 Å². The summed E-state index contributed by atoms with van der Waals surface area (Å²) in [5, 5.41) is 6.30. The van der Waals surface area contributed by atoms with Crippen molar-refractivity contribution >= 4 is 34.5 Å². The van der Waals surface area contributed by atoms with E-state index >= 15 is 0 Å². The third-order valence-electron chi connectivity index (χ3n) is 1.68. The number of aryl methyl sites for hydroxylation is 1. The summed E-state index contributed by atoms with van der Waals surface area (Å²) in [6.45, 7) is 1.93. The largest absolute Gasteiger partial charge is 0.333 e. The maximum Gasteiger partial charge on any atom is 0.269 e. The summed E-state index contributed by atoms with van der Waals surface area (Å²) >= 11 is 13.1. The van der Waals surface area contributed by atoms with Gasteiger partial charge in [0.15, 0.2) is 5.82 Å². The standard InChI is InChI=1S/C8H6Cl2N2OS/c1-4-3-14-7(6(4)10)8-11-5(2-9)12-13-8/h3H,2H2,1H3. The Morgan fingerprint density at radius 1 is 1.57 bits per heavy atom. The van der Waals surface area contributed by atoms with Crippen LogP contribution in [0.4, 0.5) is 0 Å². The molecule has 0 amide bonds. The molecule has 0 fully saturated rings. The molecular formula is C8H6Cl2N2OS. The molecule has 0 aliphatic heterocycles. The molecule has 0 aliphatic rings. The van der Waals surface area contributed by atoms with Crippen molar-refractivity contribution in [2.45, 2.75) is 12.8 Å². The van der Waals surface area contributed by atoms with Gasteiger partial charge in [-0.1, -0.05) is 16.8 Å². The fraction of sp³-hybridized carbons (Fsp3) is 0.250. The average Bonchev–Trinajstić information content (AvgIpc) is 2.75. The number of rotatable bonds is 2. The van der Waals surface area contributed by atoms with Crippen molar-refractivity contribution in [3.63, 3.8) is 0 Å². The lowest BCUT2D eigenvalue weighted by Crippen LogP contribution is -1.79. The summed E-state index contributed by atoms with van der Waals surface area (Å²) in [6, 6.07) is 0. The molecule has 0 saturated carbocycles. The summed E-state index contributed by atoms with van der Waals surface area (Å²) in [4.78, 5) is 4.89. The highest BCUT2D eigenvalue weighted by molar-refractivity contribution is 7.14. The van der Waals surface area contributed by atoms with Gasteiger partial charge in [-0.05, 0) is 17.9 Å². The van der Waals surface area contributed by atoms with Crippen LogP contribution in [0.15, 0.2) is 9.90 Å². The summed E-state index contributed by atoms with van der Waals surface area (Å²) in [7, 11) is 0. The van der Waals surface area contributed by atoms with Crippen LogP contribution in [-0.2, 0) is 5.88 Å². The van der Waals surface area contributed by atoms with Gasteiger partial charge in [0.2, 0.25) is 0 Å². The Hall–Kier alpha value is -0.580. The molecule has 74 valence electrons. The second-order valence-corrected chi connectivity index (χ2v) is 4.24. The predicted molar refractivity (Wildman–Crippen MR) is 56.9 cm³/mol. The fourth-order valence-electron chi connectivity index (χ4n) is 0.975. The van der Waals surface area contributed by atoms with Gasteiger partial charge in [-0.15, -0.1) is 22.9 Å². The predicted octanol–water partition coefficient (Wildman–Crippen LogP) is 3.50. The molecule has 0 atom stereocenters. The Balaban J connectivity index is 2.44. The van der Waals surface area contributed by atoms with Crippen LogP contribution in [0.2, 0.25) is 5.02 Å². The molecular weight excluding hydrogens is 243 g/mol. The second-order valence-electron chi connectivity index (χ2n) is 2.71. The molecule has 2 aromatic heterocycles. The molecule has 0 spiro atoms. The highest BCUT2D eigenvalue weighted by atomic mass is 35.5. The molecule has 3 nitrogen and oxygen atoms in total. The van der Waals surface area contributed by atoms with Gasteiger partial charge in [-0.2, -0.15) is 4.98 Å². The Morgan fingerprint density at radius 3 is 2.86 bits per heavy atom. The second kappa shape index (κ2) is 3.88. The van der Waals surface area contributed by atoms with Crippen molar-refractivity contribution in [1.29, 1.82) is 0 Å². The summed E-state index contributed by atoms with van der Waals surface area (Å²) in [5.74, 6) is 1.15. The van der Waals surface area contributed by atoms with Gasteiger partial charge in [0.1, 0.15) is 4.88 Å². The first-order valence-corrected chi connectivity index (χ1v) is 5.64. The number of halogens is 2. The molecule has 0 bridgehead atoms. The van der Waals surface area contributed by atoms with E-state index in [4.69, 9.17) is 27.7 Å². The van der Waals surface area contributed by atoms with E-state index in [0.717, 1.165) is 10.4 Å². The monoisotopic (exact) mass is 248 g/mol. The molecule has 2 rings (SSSR count). The van der Waals surface area contributed by atoms with Crippen molar-refractivity contribution in [3.05, 3.63) is 21.8 Å². The first-order valence-electron chi connectivity index (χ1n) is 3.85. The first kappa shape index (κ1) is 9.96. The smallest absolute Gasteiger partial charge is 0.269 e. The lowest BCUT2D eigenvalue weighted by molar-refractivity contribution is 0.426. The maximum atomic E-state index is 6.05. The number of alkyl halides is 1. The number of hydrogen-bond acceptors (Lipinski definition) is 4. The van der Waals surface area contributed by atoms with Gasteiger partial charge in [0.25, 0.3) is 5.89 Å². The van der Waals surface area contributed by atoms with Crippen LogP contribution in [-0.4, -0.2) is 10.1 Å². The van der Waals surface area contributed by atoms with E-state index in [1.165, 1.54) is 11.3 Å². The van der Waals surface area contributed by atoms with E-state index in [0.29, 0.717) is 16.7 Å². The summed E-state index contributed by atoms with van der Waals surface area (Å²) in [5.41, 5.74) is 1.01. The van der Waals surface area contributed by atoms with E-state index in [2.05, 4.69) is 10.1 Å². The average molecular weight is 249 g/mol. The maximum absolute atomic E-state index is 6.05. The third-order valence-corrected chi connectivity index (χ3v) is 3.60. The van der Waals surface area contributed by atoms with Crippen LogP contribution in [0.25, 0.3) is 10.8 Å². The highest BCUT2D eigenvalue weighted by Gasteiger charge is 2.15. The summed E-state index contributed by atoms with van der Waals surface area (Å²) in [6.07, 6.45) is 0. The van der Waals surface area contributed by atoms with Gasteiger partial charge in [-0.3, -0.25) is 0 Å². The minimum atomic E-state index is 0.242. The van der Waals surface area contributed by atoms with Crippen molar-refractivity contribution in [2.24, 2.45) is 0 Å². The van der Waals surface area contributed by atoms with E-state index in [1.54, 1.807) is 0 Å².